The van der Waals surface area contributed by atoms with E-state index in [-0.39, 0.29) is 24.9 Å². The van der Waals surface area contributed by atoms with Crippen molar-refractivity contribution in [2.45, 2.75) is 13.2 Å². The number of ether oxygens (including phenoxy) is 2. The molecule has 0 unspecified atom stereocenters. The summed E-state index contributed by atoms with van der Waals surface area (Å²) >= 11 is 0. The van der Waals surface area contributed by atoms with E-state index in [1.165, 1.54) is 12.1 Å². The van der Waals surface area contributed by atoms with Crippen molar-refractivity contribution in [2.75, 3.05) is 7.11 Å². The molecule has 0 saturated heterocycles. The van der Waals surface area contributed by atoms with Crippen LogP contribution in [0.3, 0.4) is 0 Å². The summed E-state index contributed by atoms with van der Waals surface area (Å²) in [6, 6.07) is 14.3. The van der Waals surface area contributed by atoms with Crippen LogP contribution in [0.1, 0.15) is 21.8 Å². The van der Waals surface area contributed by atoms with Crippen LogP contribution in [0.5, 0.6) is 11.5 Å². The Kier molecular flexibility index (Phi) is 5.48. The van der Waals surface area contributed by atoms with E-state index in [0.717, 1.165) is 0 Å². The van der Waals surface area contributed by atoms with Crippen LogP contribution < -0.4 is 14.8 Å². The molecule has 0 radical (unpaired) electrons. The van der Waals surface area contributed by atoms with Crippen molar-refractivity contribution >= 4 is 5.91 Å². The maximum atomic E-state index is 13.1. The van der Waals surface area contributed by atoms with E-state index in [4.69, 9.17) is 14.0 Å². The molecule has 134 valence electrons. The number of hydrogen-bond donors (Lipinski definition) is 1. The van der Waals surface area contributed by atoms with Crippen molar-refractivity contribution < 1.29 is 23.2 Å². The third-order valence-electron chi connectivity index (χ3n) is 3.57. The Morgan fingerprint density at radius 3 is 2.69 bits per heavy atom. The quantitative estimate of drug-likeness (QED) is 0.703. The highest BCUT2D eigenvalue weighted by Gasteiger charge is 2.09. The van der Waals surface area contributed by atoms with Gasteiger partial charge in [0.1, 0.15) is 29.6 Å². The van der Waals surface area contributed by atoms with E-state index >= 15 is 0 Å². The molecule has 3 aromatic rings. The fourth-order valence-electron chi connectivity index (χ4n) is 2.23. The summed E-state index contributed by atoms with van der Waals surface area (Å²) < 4.78 is 28.8. The van der Waals surface area contributed by atoms with Crippen LogP contribution in [-0.4, -0.2) is 18.2 Å². The van der Waals surface area contributed by atoms with E-state index in [2.05, 4.69) is 10.5 Å². The highest BCUT2D eigenvalue weighted by molar-refractivity contribution is 5.94. The van der Waals surface area contributed by atoms with E-state index in [1.54, 1.807) is 49.6 Å². The monoisotopic (exact) mass is 356 g/mol. The summed E-state index contributed by atoms with van der Waals surface area (Å²) in [6.45, 7) is 0.331. The highest BCUT2D eigenvalue weighted by atomic mass is 19.1. The molecule has 26 heavy (non-hydrogen) atoms. The van der Waals surface area contributed by atoms with Crippen LogP contribution in [-0.2, 0) is 13.2 Å². The van der Waals surface area contributed by atoms with Gasteiger partial charge in [0.05, 0.1) is 13.7 Å². The Bertz CT molecular complexity index is 877. The van der Waals surface area contributed by atoms with Gasteiger partial charge in [0, 0.05) is 17.7 Å². The molecule has 0 aliphatic carbocycles. The van der Waals surface area contributed by atoms with Gasteiger partial charge in [-0.3, -0.25) is 4.79 Å². The van der Waals surface area contributed by atoms with Crippen LogP contribution >= 0.6 is 0 Å². The number of amides is 1. The van der Waals surface area contributed by atoms with E-state index in [9.17, 15) is 9.18 Å². The SMILES string of the molecule is COc1ccc(C(=O)NCc2cc(COc3cccc(F)c3)no2)cc1. The van der Waals surface area contributed by atoms with Gasteiger partial charge >= 0.3 is 0 Å². The van der Waals surface area contributed by atoms with Gasteiger partial charge < -0.3 is 19.3 Å². The number of nitrogens with zero attached hydrogens (tertiary/aromatic N) is 1. The normalized spacial score (nSPS) is 10.4. The minimum absolute atomic E-state index is 0.138. The second-order valence-corrected chi connectivity index (χ2v) is 5.44. The van der Waals surface area contributed by atoms with Gasteiger partial charge in [-0.05, 0) is 36.4 Å². The molecule has 1 N–H and O–H groups in total. The molecule has 3 rings (SSSR count). The second-order valence-electron chi connectivity index (χ2n) is 5.44. The summed E-state index contributed by atoms with van der Waals surface area (Å²) in [7, 11) is 1.56. The molecule has 1 aromatic heterocycles. The molecule has 0 aliphatic heterocycles. The minimum Gasteiger partial charge on any atom is -0.497 e. The lowest BCUT2D eigenvalue weighted by Gasteiger charge is -2.04. The zero-order chi connectivity index (χ0) is 18.4. The van der Waals surface area contributed by atoms with Crippen molar-refractivity contribution in [3.05, 3.63) is 77.4 Å². The molecule has 7 heteroatoms. The fourth-order valence-corrected chi connectivity index (χ4v) is 2.23. The van der Waals surface area contributed by atoms with E-state index in [1.807, 2.05) is 0 Å². The average Bonchev–Trinajstić information content (AvgIpc) is 3.12. The predicted molar refractivity (Wildman–Crippen MR) is 91.4 cm³/mol. The summed E-state index contributed by atoms with van der Waals surface area (Å²) in [6.07, 6.45) is 0. The van der Waals surface area contributed by atoms with Gasteiger partial charge in [-0.25, -0.2) is 4.39 Å². The second kappa shape index (κ2) is 8.15. The highest BCUT2D eigenvalue weighted by Crippen LogP contribution is 2.15. The number of halogens is 1. The topological polar surface area (TPSA) is 73.6 Å². The zero-order valence-electron chi connectivity index (χ0n) is 14.1. The molecule has 1 heterocycles. The molecular formula is C19H17FN2O4. The third-order valence-corrected chi connectivity index (χ3v) is 3.57. The first kappa shape index (κ1) is 17.5. The van der Waals surface area contributed by atoms with E-state index in [0.29, 0.717) is 28.5 Å². The smallest absolute Gasteiger partial charge is 0.251 e. The summed E-state index contributed by atoms with van der Waals surface area (Å²) in [5.41, 5.74) is 1.06. The van der Waals surface area contributed by atoms with Crippen LogP contribution in [0, 0.1) is 5.82 Å². The van der Waals surface area contributed by atoms with Gasteiger partial charge in [0.2, 0.25) is 0 Å². The lowest BCUT2D eigenvalue weighted by atomic mass is 10.2. The van der Waals surface area contributed by atoms with Gasteiger partial charge in [-0.1, -0.05) is 11.2 Å². The van der Waals surface area contributed by atoms with E-state index < -0.39 is 0 Å². The summed E-state index contributed by atoms with van der Waals surface area (Å²) in [4.78, 5) is 12.1. The van der Waals surface area contributed by atoms with Gasteiger partial charge in [0.25, 0.3) is 5.91 Å². The minimum atomic E-state index is -0.371. The number of nitrogens with one attached hydrogen (secondary N) is 1. The molecule has 0 saturated carbocycles. The molecule has 1 amide bonds. The first-order valence-corrected chi connectivity index (χ1v) is 7.89. The largest absolute Gasteiger partial charge is 0.497 e. The Labute approximate surface area is 149 Å². The third kappa shape index (κ3) is 4.60. The van der Waals surface area contributed by atoms with Crippen molar-refractivity contribution in [1.29, 1.82) is 0 Å². The number of methoxy groups -OCH3 is 1. The van der Waals surface area contributed by atoms with Crippen LogP contribution in [0.25, 0.3) is 0 Å². The van der Waals surface area contributed by atoms with Gasteiger partial charge in [0.15, 0.2) is 5.76 Å². The lowest BCUT2D eigenvalue weighted by Crippen LogP contribution is -2.22. The van der Waals surface area contributed by atoms with Gasteiger partial charge in [-0.15, -0.1) is 0 Å². The van der Waals surface area contributed by atoms with Crippen LogP contribution in [0.2, 0.25) is 0 Å². The number of carbonyl (C=O) groups excluding carboxylic acids is 1. The molecule has 0 spiro atoms. The first-order valence-electron chi connectivity index (χ1n) is 7.89. The molecule has 0 aliphatic rings. The van der Waals surface area contributed by atoms with Gasteiger partial charge in [-0.2, -0.15) is 0 Å². The Morgan fingerprint density at radius 1 is 1.15 bits per heavy atom. The van der Waals surface area contributed by atoms with Crippen molar-refractivity contribution in [3.63, 3.8) is 0 Å². The zero-order valence-corrected chi connectivity index (χ0v) is 14.1. The van der Waals surface area contributed by atoms with Crippen LogP contribution in [0.4, 0.5) is 4.39 Å². The number of hydrogen-bond acceptors (Lipinski definition) is 5. The summed E-state index contributed by atoms with van der Waals surface area (Å²) in [5, 5.41) is 6.61. The molecule has 0 bridgehead atoms. The predicted octanol–water partition coefficient (Wildman–Crippen LogP) is 3.33. The molecule has 6 nitrogen and oxygen atoms in total. The molecule has 0 atom stereocenters. The van der Waals surface area contributed by atoms with Crippen molar-refractivity contribution in [3.8, 4) is 11.5 Å². The Morgan fingerprint density at radius 2 is 1.96 bits per heavy atom. The number of carbonyl (C=O) groups is 1. The molecule has 0 fully saturated rings. The first-order chi connectivity index (χ1) is 12.6. The maximum Gasteiger partial charge on any atom is 0.251 e. The average molecular weight is 356 g/mol. The van der Waals surface area contributed by atoms with Crippen molar-refractivity contribution in [2.24, 2.45) is 0 Å². The molecular weight excluding hydrogens is 339 g/mol. The number of rotatable bonds is 7. The van der Waals surface area contributed by atoms with Crippen LogP contribution in [0.15, 0.2) is 59.1 Å². The maximum absolute atomic E-state index is 13.1. The Balaban J connectivity index is 1.50. The standard InChI is InChI=1S/C19H17FN2O4/c1-24-16-7-5-13(6-8-16)19(23)21-11-18-10-15(22-26-18)12-25-17-4-2-3-14(20)9-17/h2-10H,11-12H2,1H3,(H,21,23). The fraction of sp³-hybridized carbons (Fsp3) is 0.158. The number of benzene rings is 2. The lowest BCUT2D eigenvalue weighted by molar-refractivity contribution is 0.0947. The Hall–Kier alpha value is -3.35. The summed E-state index contributed by atoms with van der Waals surface area (Å²) in [5.74, 6) is 0.970. The van der Waals surface area contributed by atoms with Crippen molar-refractivity contribution in [1.82, 2.24) is 10.5 Å². The molecule has 2 aromatic carbocycles. The number of aromatic nitrogens is 1.